The molecule has 0 radical (unpaired) electrons. The maximum absolute atomic E-state index is 4.42. The average Bonchev–Trinajstić information content (AvgIpc) is 2.44. The average molecular weight is 313 g/mol. The van der Waals surface area contributed by atoms with Gasteiger partial charge in [-0.2, -0.15) is 0 Å². The maximum atomic E-state index is 4.42. The summed E-state index contributed by atoms with van der Waals surface area (Å²) in [5, 5.41) is 4.61. The van der Waals surface area contributed by atoms with Crippen molar-refractivity contribution in [2.75, 3.05) is 5.32 Å². The molecular weight excluding hydrogens is 300 g/mol. The molecule has 0 aliphatic heterocycles. The molecule has 3 heteroatoms. The Hall–Kier alpha value is -1.87. The zero-order valence-corrected chi connectivity index (χ0v) is 12.1. The highest BCUT2D eigenvalue weighted by Crippen LogP contribution is 2.33. The first kappa shape index (κ1) is 12.2. The van der Waals surface area contributed by atoms with Gasteiger partial charge in [0.2, 0.25) is 0 Å². The summed E-state index contributed by atoms with van der Waals surface area (Å²) in [6.45, 7) is 2.10. The second-order valence-electron chi connectivity index (χ2n) is 4.44. The van der Waals surface area contributed by atoms with E-state index >= 15 is 0 Å². The molecule has 0 amide bonds. The van der Waals surface area contributed by atoms with Gasteiger partial charge in [0.25, 0.3) is 0 Å². The first-order chi connectivity index (χ1) is 9.25. The third kappa shape index (κ3) is 2.34. The Labute approximate surface area is 120 Å². The maximum Gasteiger partial charge on any atom is 0.0723 e. The molecule has 0 spiro atoms. The van der Waals surface area contributed by atoms with Crippen LogP contribution in [0, 0.1) is 6.92 Å². The largest absolute Gasteiger partial charge is 0.354 e. The van der Waals surface area contributed by atoms with Gasteiger partial charge in [0.1, 0.15) is 0 Å². The van der Waals surface area contributed by atoms with Gasteiger partial charge < -0.3 is 5.32 Å². The van der Waals surface area contributed by atoms with Crippen molar-refractivity contribution in [3.05, 3.63) is 64.8 Å². The van der Waals surface area contributed by atoms with E-state index < -0.39 is 0 Å². The molecular formula is C16H13BrN2. The van der Waals surface area contributed by atoms with Crippen LogP contribution in [0.5, 0.6) is 0 Å². The van der Waals surface area contributed by atoms with E-state index in [1.54, 1.807) is 0 Å². The molecule has 1 N–H and O–H groups in total. The summed E-state index contributed by atoms with van der Waals surface area (Å²) in [6.07, 6.45) is 1.84. The molecule has 94 valence electrons. The number of aromatic nitrogens is 1. The molecule has 0 bridgehead atoms. The normalized spacial score (nSPS) is 10.6. The van der Waals surface area contributed by atoms with Crippen LogP contribution in [-0.4, -0.2) is 4.98 Å². The fourth-order valence-corrected chi connectivity index (χ4v) is 2.51. The summed E-state index contributed by atoms with van der Waals surface area (Å²) in [7, 11) is 0. The topological polar surface area (TPSA) is 24.9 Å². The van der Waals surface area contributed by atoms with E-state index in [0.717, 1.165) is 26.8 Å². The van der Waals surface area contributed by atoms with Crippen LogP contribution >= 0.6 is 15.9 Å². The monoisotopic (exact) mass is 312 g/mol. The van der Waals surface area contributed by atoms with E-state index in [0.29, 0.717) is 0 Å². The predicted molar refractivity (Wildman–Crippen MR) is 83.9 cm³/mol. The molecule has 19 heavy (non-hydrogen) atoms. The van der Waals surface area contributed by atoms with Gasteiger partial charge in [-0.25, -0.2) is 0 Å². The van der Waals surface area contributed by atoms with Gasteiger partial charge in [0, 0.05) is 17.3 Å². The molecule has 2 nitrogen and oxygen atoms in total. The Morgan fingerprint density at radius 2 is 1.74 bits per heavy atom. The van der Waals surface area contributed by atoms with Crippen LogP contribution in [0.2, 0.25) is 0 Å². The van der Waals surface area contributed by atoms with Gasteiger partial charge in [-0.15, -0.1) is 0 Å². The summed E-state index contributed by atoms with van der Waals surface area (Å²) < 4.78 is 0.967. The SMILES string of the molecule is Cc1ccccc1Nc1c(Br)cnc2ccccc12. The van der Waals surface area contributed by atoms with E-state index in [1.165, 1.54) is 5.56 Å². The molecule has 0 saturated carbocycles. The lowest BCUT2D eigenvalue weighted by molar-refractivity contribution is 1.37. The number of nitrogens with zero attached hydrogens (tertiary/aromatic N) is 1. The van der Waals surface area contributed by atoms with Crippen molar-refractivity contribution in [3.63, 3.8) is 0 Å². The minimum Gasteiger partial charge on any atom is -0.354 e. The van der Waals surface area contributed by atoms with Crippen LogP contribution in [-0.2, 0) is 0 Å². The lowest BCUT2D eigenvalue weighted by atomic mass is 10.1. The number of hydrogen-bond donors (Lipinski definition) is 1. The Bertz CT molecular complexity index is 738. The van der Waals surface area contributed by atoms with Crippen molar-refractivity contribution in [1.82, 2.24) is 4.98 Å². The minimum absolute atomic E-state index is 0.967. The molecule has 1 aromatic heterocycles. The van der Waals surface area contributed by atoms with E-state index in [4.69, 9.17) is 0 Å². The number of nitrogens with one attached hydrogen (secondary N) is 1. The van der Waals surface area contributed by atoms with Crippen LogP contribution in [0.1, 0.15) is 5.56 Å². The summed E-state index contributed by atoms with van der Waals surface area (Å²) >= 11 is 3.57. The molecule has 2 aromatic carbocycles. The molecule has 0 unspecified atom stereocenters. The van der Waals surface area contributed by atoms with Crippen LogP contribution in [0.25, 0.3) is 10.9 Å². The Balaban J connectivity index is 2.15. The molecule has 0 saturated heterocycles. The zero-order chi connectivity index (χ0) is 13.2. The summed E-state index contributed by atoms with van der Waals surface area (Å²) in [4.78, 5) is 4.42. The van der Waals surface area contributed by atoms with Gasteiger partial charge in [0.15, 0.2) is 0 Å². The van der Waals surface area contributed by atoms with E-state index in [2.05, 4.69) is 51.4 Å². The Morgan fingerprint density at radius 3 is 2.58 bits per heavy atom. The third-order valence-electron chi connectivity index (χ3n) is 3.13. The number of pyridine rings is 1. The van der Waals surface area contributed by atoms with Gasteiger partial charge in [0.05, 0.1) is 15.7 Å². The van der Waals surface area contributed by atoms with Crippen molar-refractivity contribution < 1.29 is 0 Å². The van der Waals surface area contributed by atoms with Crippen LogP contribution in [0.3, 0.4) is 0 Å². The first-order valence-electron chi connectivity index (χ1n) is 6.11. The fraction of sp³-hybridized carbons (Fsp3) is 0.0625. The van der Waals surface area contributed by atoms with Crippen LogP contribution in [0.4, 0.5) is 11.4 Å². The number of aryl methyl sites for hydroxylation is 1. The Kier molecular flexibility index (Phi) is 3.22. The van der Waals surface area contributed by atoms with Crippen molar-refractivity contribution in [1.29, 1.82) is 0 Å². The Morgan fingerprint density at radius 1 is 1.00 bits per heavy atom. The first-order valence-corrected chi connectivity index (χ1v) is 6.91. The number of rotatable bonds is 2. The number of anilines is 2. The highest BCUT2D eigenvalue weighted by atomic mass is 79.9. The smallest absolute Gasteiger partial charge is 0.0723 e. The van der Waals surface area contributed by atoms with Gasteiger partial charge in [-0.1, -0.05) is 36.4 Å². The van der Waals surface area contributed by atoms with Crippen molar-refractivity contribution in [2.45, 2.75) is 6.92 Å². The predicted octanol–water partition coefficient (Wildman–Crippen LogP) is 5.05. The molecule has 0 aliphatic rings. The second-order valence-corrected chi connectivity index (χ2v) is 5.29. The van der Waals surface area contributed by atoms with E-state index in [1.807, 2.05) is 36.5 Å². The molecule has 3 aromatic rings. The minimum atomic E-state index is 0.967. The summed E-state index contributed by atoms with van der Waals surface area (Å²) in [5.41, 5.74) is 4.37. The van der Waals surface area contributed by atoms with Crippen LogP contribution in [0.15, 0.2) is 59.2 Å². The van der Waals surface area contributed by atoms with Crippen molar-refractivity contribution in [2.24, 2.45) is 0 Å². The highest BCUT2D eigenvalue weighted by molar-refractivity contribution is 9.10. The quantitative estimate of drug-likeness (QED) is 0.716. The lowest BCUT2D eigenvalue weighted by Gasteiger charge is -2.13. The van der Waals surface area contributed by atoms with Crippen LogP contribution < -0.4 is 5.32 Å². The molecule has 0 aliphatic carbocycles. The number of fused-ring (bicyclic) bond motifs is 1. The summed E-state index contributed by atoms with van der Waals surface area (Å²) in [6, 6.07) is 16.4. The van der Waals surface area contributed by atoms with Gasteiger partial charge >= 0.3 is 0 Å². The molecule has 3 rings (SSSR count). The third-order valence-corrected chi connectivity index (χ3v) is 3.74. The molecule has 0 atom stereocenters. The van der Waals surface area contributed by atoms with E-state index in [9.17, 15) is 0 Å². The van der Waals surface area contributed by atoms with Gasteiger partial charge in [-0.3, -0.25) is 4.98 Å². The number of halogens is 1. The zero-order valence-electron chi connectivity index (χ0n) is 10.5. The number of hydrogen-bond acceptors (Lipinski definition) is 2. The highest BCUT2D eigenvalue weighted by Gasteiger charge is 2.07. The summed E-state index contributed by atoms with van der Waals surface area (Å²) in [5.74, 6) is 0. The fourth-order valence-electron chi connectivity index (χ4n) is 2.09. The van der Waals surface area contributed by atoms with E-state index in [-0.39, 0.29) is 0 Å². The second kappa shape index (κ2) is 5.02. The lowest BCUT2D eigenvalue weighted by Crippen LogP contribution is -1.96. The molecule has 0 fully saturated rings. The number of benzene rings is 2. The molecule has 1 heterocycles. The van der Waals surface area contributed by atoms with Crippen molar-refractivity contribution >= 4 is 38.2 Å². The van der Waals surface area contributed by atoms with Crippen molar-refractivity contribution in [3.8, 4) is 0 Å². The standard InChI is InChI=1S/C16H13BrN2/c1-11-6-2-4-8-14(11)19-16-12-7-3-5-9-15(12)18-10-13(16)17/h2-10H,1H3,(H,18,19). The number of para-hydroxylation sites is 2. The van der Waals surface area contributed by atoms with Gasteiger partial charge in [-0.05, 0) is 40.5 Å².